The predicted octanol–water partition coefficient (Wildman–Crippen LogP) is 4.97. The summed E-state index contributed by atoms with van der Waals surface area (Å²) < 4.78 is 18.2. The second-order valence-corrected chi connectivity index (χ2v) is 7.85. The average Bonchev–Trinajstić information content (AvgIpc) is 3.39. The molecule has 3 aromatic rings. The summed E-state index contributed by atoms with van der Waals surface area (Å²) >= 11 is 6.82. The van der Waals surface area contributed by atoms with E-state index in [0.29, 0.717) is 20.3 Å². The number of nitrogens with zero attached hydrogens (tertiary/aromatic N) is 2. The SMILES string of the molecule is COc1ccc2c(c1)C(=Cc1sc(=S)n(-c3ccc4c(c3)OCO4)c1O)C=N2. The Hall–Kier alpha value is -3.10. The predicted molar refractivity (Wildman–Crippen MR) is 111 cm³/mol. The molecule has 3 heterocycles. The van der Waals surface area contributed by atoms with Gasteiger partial charge in [-0.15, -0.1) is 11.3 Å². The lowest BCUT2D eigenvalue weighted by Gasteiger charge is -2.06. The van der Waals surface area contributed by atoms with Crippen LogP contribution in [0.5, 0.6) is 23.1 Å². The molecule has 0 fully saturated rings. The average molecular weight is 410 g/mol. The molecule has 0 spiro atoms. The first-order valence-corrected chi connectivity index (χ1v) is 9.65. The number of aromatic hydroxyl groups is 1. The summed E-state index contributed by atoms with van der Waals surface area (Å²) in [5.41, 5.74) is 3.42. The maximum absolute atomic E-state index is 10.8. The molecule has 6 nitrogen and oxygen atoms in total. The van der Waals surface area contributed by atoms with Crippen LogP contribution in [0.2, 0.25) is 0 Å². The number of hydrogen-bond donors (Lipinski definition) is 1. The van der Waals surface area contributed by atoms with Gasteiger partial charge in [0.25, 0.3) is 0 Å². The molecule has 1 N–H and O–H groups in total. The summed E-state index contributed by atoms with van der Waals surface area (Å²) in [5, 5.41) is 10.8. The molecule has 0 radical (unpaired) electrons. The summed E-state index contributed by atoms with van der Waals surface area (Å²) in [6.45, 7) is 0.194. The third-order valence-electron chi connectivity index (χ3n) is 4.57. The fraction of sp³-hybridized carbons (Fsp3) is 0.100. The van der Waals surface area contributed by atoms with Gasteiger partial charge < -0.3 is 19.3 Å². The van der Waals surface area contributed by atoms with Crippen LogP contribution < -0.4 is 14.2 Å². The van der Waals surface area contributed by atoms with Crippen molar-refractivity contribution >= 4 is 47.1 Å². The van der Waals surface area contributed by atoms with Gasteiger partial charge in [0.2, 0.25) is 12.7 Å². The van der Waals surface area contributed by atoms with Gasteiger partial charge in [-0.3, -0.25) is 9.56 Å². The van der Waals surface area contributed by atoms with Crippen LogP contribution >= 0.6 is 23.6 Å². The maximum atomic E-state index is 10.8. The molecule has 2 aliphatic heterocycles. The van der Waals surface area contributed by atoms with Crippen molar-refractivity contribution in [3.05, 3.63) is 50.8 Å². The molecule has 0 unspecified atom stereocenters. The molecule has 0 atom stereocenters. The highest BCUT2D eigenvalue weighted by Crippen LogP contribution is 2.40. The molecule has 0 aliphatic carbocycles. The molecular formula is C20H14N2O4S2. The van der Waals surface area contributed by atoms with E-state index in [2.05, 4.69) is 4.99 Å². The highest BCUT2D eigenvalue weighted by atomic mass is 32.1. The van der Waals surface area contributed by atoms with Crippen molar-refractivity contribution in [1.82, 2.24) is 4.57 Å². The van der Waals surface area contributed by atoms with Gasteiger partial charge in [-0.2, -0.15) is 0 Å². The molecule has 2 aliphatic rings. The lowest BCUT2D eigenvalue weighted by Crippen LogP contribution is -1.94. The summed E-state index contributed by atoms with van der Waals surface area (Å²) in [5.74, 6) is 2.14. The molecule has 2 aromatic carbocycles. The van der Waals surface area contributed by atoms with Crippen LogP contribution in [0.4, 0.5) is 5.69 Å². The smallest absolute Gasteiger partial charge is 0.231 e. The highest BCUT2D eigenvalue weighted by Gasteiger charge is 2.19. The van der Waals surface area contributed by atoms with Crippen molar-refractivity contribution in [2.24, 2.45) is 4.99 Å². The van der Waals surface area contributed by atoms with Gasteiger partial charge in [0.05, 0.1) is 23.4 Å². The minimum Gasteiger partial charge on any atom is -0.497 e. The molecule has 0 saturated heterocycles. The van der Waals surface area contributed by atoms with Crippen molar-refractivity contribution in [3.63, 3.8) is 0 Å². The number of fused-ring (bicyclic) bond motifs is 2. The Morgan fingerprint density at radius 3 is 2.93 bits per heavy atom. The third-order valence-corrected chi connectivity index (χ3v) is 5.88. The first-order chi connectivity index (χ1) is 13.6. The van der Waals surface area contributed by atoms with Gasteiger partial charge in [0.1, 0.15) is 5.75 Å². The number of ether oxygens (including phenoxy) is 3. The number of aromatic nitrogens is 1. The van der Waals surface area contributed by atoms with Crippen molar-refractivity contribution in [2.45, 2.75) is 0 Å². The Morgan fingerprint density at radius 1 is 1.21 bits per heavy atom. The van der Waals surface area contributed by atoms with E-state index < -0.39 is 0 Å². The van der Waals surface area contributed by atoms with Crippen molar-refractivity contribution in [3.8, 4) is 28.8 Å². The topological polar surface area (TPSA) is 65.2 Å². The summed E-state index contributed by atoms with van der Waals surface area (Å²) in [6.07, 6.45) is 3.66. The van der Waals surface area contributed by atoms with E-state index in [1.54, 1.807) is 30.0 Å². The Kier molecular flexibility index (Phi) is 3.96. The number of methoxy groups -OCH3 is 1. The monoisotopic (exact) mass is 410 g/mol. The van der Waals surface area contributed by atoms with E-state index in [1.165, 1.54) is 11.3 Å². The number of benzene rings is 2. The van der Waals surface area contributed by atoms with Crippen LogP contribution in [0.15, 0.2) is 41.4 Å². The Morgan fingerprint density at radius 2 is 2.07 bits per heavy atom. The zero-order valence-electron chi connectivity index (χ0n) is 14.7. The van der Waals surface area contributed by atoms with Gasteiger partial charge in [-0.1, -0.05) is 0 Å². The van der Waals surface area contributed by atoms with Crippen LogP contribution in [-0.2, 0) is 0 Å². The lowest BCUT2D eigenvalue weighted by atomic mass is 10.1. The minimum absolute atomic E-state index is 0.0751. The van der Waals surface area contributed by atoms with Crippen LogP contribution in [0.25, 0.3) is 17.3 Å². The van der Waals surface area contributed by atoms with Gasteiger partial charge in [-0.05, 0) is 48.6 Å². The van der Waals surface area contributed by atoms with Crippen molar-refractivity contribution < 1.29 is 19.3 Å². The zero-order chi connectivity index (χ0) is 19.3. The largest absolute Gasteiger partial charge is 0.497 e. The van der Waals surface area contributed by atoms with Crippen LogP contribution in [0.3, 0.4) is 0 Å². The van der Waals surface area contributed by atoms with Gasteiger partial charge in [0, 0.05) is 23.4 Å². The zero-order valence-corrected chi connectivity index (χ0v) is 16.3. The second kappa shape index (κ2) is 6.50. The number of rotatable bonds is 3. The lowest BCUT2D eigenvalue weighted by molar-refractivity contribution is 0.174. The van der Waals surface area contributed by atoms with E-state index >= 15 is 0 Å². The molecule has 0 amide bonds. The molecule has 5 rings (SSSR count). The molecule has 28 heavy (non-hydrogen) atoms. The summed E-state index contributed by atoms with van der Waals surface area (Å²) in [7, 11) is 1.63. The number of allylic oxidation sites excluding steroid dienone is 1. The second-order valence-electron chi connectivity index (χ2n) is 6.17. The number of thiazole rings is 1. The molecule has 0 saturated carbocycles. The molecule has 1 aromatic heterocycles. The summed E-state index contributed by atoms with van der Waals surface area (Å²) in [6, 6.07) is 11.2. The van der Waals surface area contributed by atoms with E-state index in [1.807, 2.05) is 30.3 Å². The van der Waals surface area contributed by atoms with E-state index in [4.69, 9.17) is 26.4 Å². The molecule has 0 bridgehead atoms. The quantitative estimate of drug-likeness (QED) is 0.618. The number of hydrogen-bond acceptors (Lipinski definition) is 7. The Labute approximate surface area is 169 Å². The summed E-state index contributed by atoms with van der Waals surface area (Å²) in [4.78, 5) is 5.07. The van der Waals surface area contributed by atoms with Crippen molar-refractivity contribution in [2.75, 3.05) is 13.9 Å². The first-order valence-electron chi connectivity index (χ1n) is 8.43. The van der Waals surface area contributed by atoms with Crippen LogP contribution in [0.1, 0.15) is 10.4 Å². The van der Waals surface area contributed by atoms with Gasteiger partial charge in [0.15, 0.2) is 15.5 Å². The fourth-order valence-corrected chi connectivity index (χ4v) is 4.48. The Balaban J connectivity index is 1.58. The number of aliphatic imine (C=N–C) groups is 1. The first kappa shape index (κ1) is 17.0. The molecule has 140 valence electrons. The van der Waals surface area contributed by atoms with E-state index in [0.717, 1.165) is 28.3 Å². The van der Waals surface area contributed by atoms with E-state index in [9.17, 15) is 5.11 Å². The van der Waals surface area contributed by atoms with Gasteiger partial charge >= 0.3 is 0 Å². The van der Waals surface area contributed by atoms with Crippen LogP contribution in [-0.4, -0.2) is 29.8 Å². The normalized spacial score (nSPS) is 15.2. The maximum Gasteiger partial charge on any atom is 0.231 e. The molecule has 8 heteroatoms. The van der Waals surface area contributed by atoms with E-state index in [-0.39, 0.29) is 12.7 Å². The minimum atomic E-state index is 0.0751. The third kappa shape index (κ3) is 2.69. The Bertz CT molecular complexity index is 1220. The van der Waals surface area contributed by atoms with Crippen molar-refractivity contribution in [1.29, 1.82) is 0 Å². The highest BCUT2D eigenvalue weighted by molar-refractivity contribution is 7.73. The molecular weight excluding hydrogens is 396 g/mol. The van der Waals surface area contributed by atoms with Gasteiger partial charge in [-0.25, -0.2) is 0 Å². The standard InChI is InChI=1S/C20H14N2O4S2/c1-24-13-3-4-15-14(8-13)11(9-21-15)6-18-19(23)22(20(27)28-18)12-2-5-16-17(7-12)26-10-25-16/h2-9,23H,10H2,1H3. The van der Waals surface area contributed by atoms with Crippen LogP contribution in [0, 0.1) is 3.95 Å². The fourth-order valence-electron chi connectivity index (χ4n) is 3.18.